The van der Waals surface area contributed by atoms with Gasteiger partial charge in [-0.1, -0.05) is 23.9 Å². The van der Waals surface area contributed by atoms with Gasteiger partial charge in [0.15, 0.2) is 5.16 Å². The van der Waals surface area contributed by atoms with E-state index in [0.717, 1.165) is 22.0 Å². The molecular weight excluding hydrogens is 272 g/mol. The number of H-pyrrole nitrogens is 1. The Hall–Kier alpha value is -2.02. The van der Waals surface area contributed by atoms with Crippen LogP contribution in [0.1, 0.15) is 25.7 Å². The second kappa shape index (κ2) is 5.16. The van der Waals surface area contributed by atoms with E-state index in [1.54, 1.807) is 11.8 Å². The molecule has 0 saturated heterocycles. The molecule has 20 heavy (non-hydrogen) atoms. The summed E-state index contributed by atoms with van der Waals surface area (Å²) in [5.41, 5.74) is 7.85. The first-order chi connectivity index (χ1) is 9.65. The van der Waals surface area contributed by atoms with Crippen LogP contribution < -0.4 is 5.73 Å². The fourth-order valence-corrected chi connectivity index (χ4v) is 3.02. The molecule has 0 atom stereocenters. The van der Waals surface area contributed by atoms with E-state index in [4.69, 9.17) is 5.73 Å². The zero-order valence-electron chi connectivity index (χ0n) is 11.4. The quantitative estimate of drug-likeness (QED) is 0.721. The highest BCUT2D eigenvalue weighted by atomic mass is 32.2. The van der Waals surface area contributed by atoms with Crippen LogP contribution in [0.5, 0.6) is 0 Å². The monoisotopic (exact) mass is 288 g/mol. The number of thioether (sulfide) groups is 1. The van der Waals surface area contributed by atoms with Crippen LogP contribution >= 0.6 is 11.8 Å². The van der Waals surface area contributed by atoms with Gasteiger partial charge in [-0.15, -0.1) is 10.2 Å². The fourth-order valence-electron chi connectivity index (χ4n) is 2.08. The van der Waals surface area contributed by atoms with Gasteiger partial charge in [0.1, 0.15) is 5.82 Å². The molecule has 0 aliphatic heterocycles. The average molecular weight is 288 g/mol. The van der Waals surface area contributed by atoms with E-state index in [9.17, 15) is 0 Å². The Morgan fingerprint density at radius 2 is 2.10 bits per heavy atom. The summed E-state index contributed by atoms with van der Waals surface area (Å²) < 4.78 is 1.92. The van der Waals surface area contributed by atoms with E-state index < -0.39 is 0 Å². The highest BCUT2D eigenvalue weighted by molar-refractivity contribution is 7.98. The van der Waals surface area contributed by atoms with E-state index in [0.29, 0.717) is 11.7 Å². The van der Waals surface area contributed by atoms with Crippen molar-refractivity contribution < 1.29 is 0 Å². The normalized spacial score (nSPS) is 11.6. The lowest BCUT2D eigenvalue weighted by molar-refractivity contribution is 0.557. The van der Waals surface area contributed by atoms with Gasteiger partial charge in [-0.3, -0.25) is 4.57 Å². The molecule has 1 aromatic carbocycles. The molecular formula is C13H16N6S. The summed E-state index contributed by atoms with van der Waals surface area (Å²) in [5, 5.41) is 8.86. The third kappa shape index (κ3) is 2.36. The Morgan fingerprint density at radius 1 is 1.30 bits per heavy atom. The van der Waals surface area contributed by atoms with Crippen molar-refractivity contribution in [3.63, 3.8) is 0 Å². The van der Waals surface area contributed by atoms with Gasteiger partial charge in [0.05, 0.1) is 16.8 Å². The Morgan fingerprint density at radius 3 is 2.85 bits per heavy atom. The molecule has 104 valence electrons. The number of anilines is 1. The van der Waals surface area contributed by atoms with Crippen LogP contribution in [-0.4, -0.2) is 24.7 Å². The Balaban J connectivity index is 1.79. The van der Waals surface area contributed by atoms with Gasteiger partial charge in [0.25, 0.3) is 0 Å². The third-order valence-corrected chi connectivity index (χ3v) is 3.94. The number of nitrogens with two attached hydrogens (primary N) is 1. The van der Waals surface area contributed by atoms with Crippen LogP contribution in [0.15, 0.2) is 29.4 Å². The second-order valence-corrected chi connectivity index (χ2v) is 5.74. The summed E-state index contributed by atoms with van der Waals surface area (Å²) in [5.74, 6) is 2.08. The largest absolute Gasteiger partial charge is 0.368 e. The number of benzene rings is 1. The Bertz CT molecular complexity index is 696. The molecule has 0 amide bonds. The minimum atomic E-state index is 0.239. The summed E-state index contributed by atoms with van der Waals surface area (Å²) in [4.78, 5) is 7.84. The number of aromatic nitrogens is 5. The van der Waals surface area contributed by atoms with Gasteiger partial charge in [0, 0.05) is 6.04 Å². The van der Waals surface area contributed by atoms with Gasteiger partial charge in [0.2, 0.25) is 5.95 Å². The molecule has 0 radical (unpaired) electrons. The van der Waals surface area contributed by atoms with Gasteiger partial charge in [-0.25, -0.2) is 4.98 Å². The number of nitrogen functional groups attached to an aromatic ring is 1. The molecule has 0 fully saturated rings. The molecule has 0 unspecified atom stereocenters. The van der Waals surface area contributed by atoms with E-state index in [-0.39, 0.29) is 6.04 Å². The summed E-state index contributed by atoms with van der Waals surface area (Å²) in [7, 11) is 0. The molecule has 2 aromatic heterocycles. The minimum Gasteiger partial charge on any atom is -0.368 e. The molecule has 2 heterocycles. The SMILES string of the molecule is CC(C)n1c(N)nnc1SCc1nc2ccccc2[nH]1. The number of hydrogen-bond acceptors (Lipinski definition) is 5. The zero-order chi connectivity index (χ0) is 14.1. The lowest BCUT2D eigenvalue weighted by Crippen LogP contribution is -2.07. The summed E-state index contributed by atoms with van der Waals surface area (Å²) in [6.07, 6.45) is 0. The van der Waals surface area contributed by atoms with Crippen molar-refractivity contribution in [3.8, 4) is 0 Å². The summed E-state index contributed by atoms with van der Waals surface area (Å²) in [6.45, 7) is 4.12. The summed E-state index contributed by atoms with van der Waals surface area (Å²) in [6, 6.07) is 8.23. The van der Waals surface area contributed by atoms with Crippen LogP contribution in [0.25, 0.3) is 11.0 Å². The molecule has 0 bridgehead atoms. The smallest absolute Gasteiger partial charge is 0.222 e. The number of rotatable bonds is 4. The predicted molar refractivity (Wildman–Crippen MR) is 80.5 cm³/mol. The number of hydrogen-bond donors (Lipinski definition) is 2. The molecule has 0 saturated carbocycles. The van der Waals surface area contributed by atoms with Crippen molar-refractivity contribution in [2.75, 3.05) is 5.73 Å². The number of fused-ring (bicyclic) bond motifs is 1. The van der Waals surface area contributed by atoms with Crippen LogP contribution in [0, 0.1) is 0 Å². The lowest BCUT2D eigenvalue weighted by Gasteiger charge is -2.10. The third-order valence-electron chi connectivity index (χ3n) is 2.98. The van der Waals surface area contributed by atoms with Gasteiger partial charge in [-0.2, -0.15) is 0 Å². The number of nitrogens with zero attached hydrogens (tertiary/aromatic N) is 4. The zero-order valence-corrected chi connectivity index (χ0v) is 12.2. The highest BCUT2D eigenvalue weighted by Gasteiger charge is 2.13. The van der Waals surface area contributed by atoms with Gasteiger partial charge in [-0.05, 0) is 26.0 Å². The maximum atomic E-state index is 5.83. The molecule has 0 aliphatic rings. The van der Waals surface area contributed by atoms with Crippen molar-refractivity contribution in [3.05, 3.63) is 30.1 Å². The summed E-state index contributed by atoms with van der Waals surface area (Å²) >= 11 is 1.58. The topological polar surface area (TPSA) is 85.4 Å². The highest BCUT2D eigenvalue weighted by Crippen LogP contribution is 2.25. The first-order valence-electron chi connectivity index (χ1n) is 6.42. The maximum Gasteiger partial charge on any atom is 0.222 e. The minimum absolute atomic E-state index is 0.239. The standard InChI is InChI=1S/C13H16N6S/c1-8(2)19-12(14)17-18-13(19)20-7-11-15-9-5-3-4-6-10(9)16-11/h3-6,8H,7H2,1-2H3,(H2,14,17)(H,15,16). The Labute approximate surface area is 120 Å². The van der Waals surface area contributed by atoms with Gasteiger partial charge < -0.3 is 10.7 Å². The van der Waals surface area contributed by atoms with Crippen molar-refractivity contribution in [2.24, 2.45) is 0 Å². The lowest BCUT2D eigenvalue weighted by atomic mass is 10.3. The van der Waals surface area contributed by atoms with Crippen LogP contribution in [0.4, 0.5) is 5.95 Å². The predicted octanol–water partition coefficient (Wildman–Crippen LogP) is 2.61. The molecule has 3 rings (SSSR count). The van der Waals surface area contributed by atoms with E-state index >= 15 is 0 Å². The van der Waals surface area contributed by atoms with Gasteiger partial charge >= 0.3 is 0 Å². The molecule has 6 nitrogen and oxygen atoms in total. The van der Waals surface area contributed by atoms with Crippen molar-refractivity contribution in [1.29, 1.82) is 0 Å². The first kappa shape index (κ1) is 13.0. The van der Waals surface area contributed by atoms with Crippen molar-refractivity contribution in [2.45, 2.75) is 30.8 Å². The molecule has 3 aromatic rings. The average Bonchev–Trinajstić information content (AvgIpc) is 2.99. The van der Waals surface area contributed by atoms with Crippen LogP contribution in [0.3, 0.4) is 0 Å². The number of imidazole rings is 1. The van der Waals surface area contributed by atoms with E-state index in [1.807, 2.05) is 28.8 Å². The van der Waals surface area contributed by atoms with Crippen LogP contribution in [-0.2, 0) is 5.75 Å². The fraction of sp³-hybridized carbons (Fsp3) is 0.308. The molecule has 7 heteroatoms. The van der Waals surface area contributed by atoms with E-state index in [1.165, 1.54) is 0 Å². The maximum absolute atomic E-state index is 5.83. The molecule has 0 aliphatic carbocycles. The molecule has 0 spiro atoms. The van der Waals surface area contributed by atoms with Crippen LogP contribution in [0.2, 0.25) is 0 Å². The first-order valence-corrected chi connectivity index (χ1v) is 7.40. The van der Waals surface area contributed by atoms with E-state index in [2.05, 4.69) is 34.0 Å². The molecule has 3 N–H and O–H groups in total. The number of nitrogens with one attached hydrogen (secondary N) is 1. The number of aromatic amines is 1. The Kier molecular flexibility index (Phi) is 3.35. The van der Waals surface area contributed by atoms with Crippen molar-refractivity contribution >= 4 is 28.7 Å². The number of para-hydroxylation sites is 2. The second-order valence-electron chi connectivity index (χ2n) is 4.79. The van der Waals surface area contributed by atoms with Crippen molar-refractivity contribution in [1.82, 2.24) is 24.7 Å².